The van der Waals surface area contributed by atoms with Gasteiger partial charge in [0.2, 0.25) is 0 Å². The lowest BCUT2D eigenvalue weighted by Crippen LogP contribution is -2.42. The van der Waals surface area contributed by atoms with Crippen LogP contribution in [0.3, 0.4) is 0 Å². The minimum Gasteiger partial charge on any atom is -0.493 e. The molecule has 158 valence electrons. The fourth-order valence-corrected chi connectivity index (χ4v) is 2.93. The highest BCUT2D eigenvalue weighted by Gasteiger charge is 2.22. The minimum atomic E-state index is 0.169. The predicted molar refractivity (Wildman–Crippen MR) is 116 cm³/mol. The van der Waals surface area contributed by atoms with E-state index in [0.717, 1.165) is 55.9 Å². The second-order valence-electron chi connectivity index (χ2n) is 7.84. The van der Waals surface area contributed by atoms with Crippen LogP contribution in [0.1, 0.15) is 37.3 Å². The fourth-order valence-electron chi connectivity index (χ4n) is 2.93. The van der Waals surface area contributed by atoms with Crippen molar-refractivity contribution in [1.82, 2.24) is 15.5 Å². The number of benzene rings is 1. The maximum atomic E-state index is 6.07. The monoisotopic (exact) mass is 390 g/mol. The van der Waals surface area contributed by atoms with E-state index in [1.165, 1.54) is 18.4 Å². The first kappa shape index (κ1) is 22.5. The van der Waals surface area contributed by atoms with Crippen molar-refractivity contribution in [2.45, 2.75) is 45.8 Å². The summed E-state index contributed by atoms with van der Waals surface area (Å²) in [5, 5.41) is 6.80. The molecule has 2 N–H and O–H groups in total. The minimum absolute atomic E-state index is 0.169. The zero-order valence-electron chi connectivity index (χ0n) is 18.3. The van der Waals surface area contributed by atoms with Crippen LogP contribution >= 0.6 is 0 Å². The molecule has 1 fully saturated rings. The molecule has 28 heavy (non-hydrogen) atoms. The van der Waals surface area contributed by atoms with E-state index in [-0.39, 0.29) is 6.10 Å². The Labute approximate surface area is 170 Å². The molecule has 0 amide bonds. The van der Waals surface area contributed by atoms with Gasteiger partial charge in [0.25, 0.3) is 0 Å². The second kappa shape index (κ2) is 11.9. The van der Waals surface area contributed by atoms with Crippen molar-refractivity contribution < 1.29 is 9.47 Å². The van der Waals surface area contributed by atoms with Crippen LogP contribution in [0.2, 0.25) is 0 Å². The molecule has 1 aliphatic carbocycles. The smallest absolute Gasteiger partial charge is 0.191 e. The van der Waals surface area contributed by atoms with E-state index in [2.05, 4.69) is 59.7 Å². The van der Waals surface area contributed by atoms with Crippen molar-refractivity contribution in [3.05, 3.63) is 29.3 Å². The quantitative estimate of drug-likeness (QED) is 0.425. The van der Waals surface area contributed by atoms with Crippen LogP contribution in [0.25, 0.3) is 0 Å². The van der Waals surface area contributed by atoms with Crippen LogP contribution in [0, 0.1) is 12.8 Å². The van der Waals surface area contributed by atoms with Gasteiger partial charge in [-0.3, -0.25) is 4.99 Å². The van der Waals surface area contributed by atoms with Crippen LogP contribution in [0.4, 0.5) is 0 Å². The number of guanidine groups is 1. The lowest BCUT2D eigenvalue weighted by Gasteiger charge is -2.21. The highest BCUT2D eigenvalue weighted by atomic mass is 16.5. The highest BCUT2D eigenvalue weighted by molar-refractivity contribution is 5.79. The Morgan fingerprint density at radius 2 is 2.07 bits per heavy atom. The summed E-state index contributed by atoms with van der Waals surface area (Å²) in [7, 11) is 5.97. The molecule has 1 aliphatic rings. The van der Waals surface area contributed by atoms with Crippen LogP contribution in [-0.4, -0.2) is 64.4 Å². The zero-order chi connectivity index (χ0) is 20.4. The van der Waals surface area contributed by atoms with Gasteiger partial charge >= 0.3 is 0 Å². The average molecular weight is 391 g/mol. The fraction of sp³-hybridized carbons (Fsp3) is 0.682. The topological polar surface area (TPSA) is 58.1 Å². The summed E-state index contributed by atoms with van der Waals surface area (Å²) in [5.74, 6) is 2.50. The molecule has 0 spiro atoms. The van der Waals surface area contributed by atoms with Crippen LogP contribution < -0.4 is 15.4 Å². The summed E-state index contributed by atoms with van der Waals surface area (Å²) in [6.07, 6.45) is 3.75. The molecular formula is C22H38N4O2. The molecule has 0 bridgehead atoms. The number of hydrogen-bond acceptors (Lipinski definition) is 4. The van der Waals surface area contributed by atoms with Gasteiger partial charge in [-0.25, -0.2) is 0 Å². The molecule has 0 radical (unpaired) electrons. The molecule has 0 aromatic heterocycles. The van der Waals surface area contributed by atoms with Gasteiger partial charge < -0.3 is 25.0 Å². The summed E-state index contributed by atoms with van der Waals surface area (Å²) in [5.41, 5.74) is 2.38. The van der Waals surface area contributed by atoms with Crippen molar-refractivity contribution >= 4 is 5.96 Å². The van der Waals surface area contributed by atoms with Crippen molar-refractivity contribution in [3.63, 3.8) is 0 Å². The first-order valence-corrected chi connectivity index (χ1v) is 10.4. The summed E-state index contributed by atoms with van der Waals surface area (Å²) >= 11 is 0. The standard InChI is InChI=1S/C22H38N4O2/c1-6-27-20(11-12-26(4)5)15-25-22(23-3)24-14-19-10-7-17(2)13-21(19)28-16-18-8-9-18/h7,10,13,18,20H,6,8-9,11-12,14-16H2,1-5H3,(H2,23,24,25). The van der Waals surface area contributed by atoms with E-state index in [9.17, 15) is 0 Å². The Morgan fingerprint density at radius 1 is 1.29 bits per heavy atom. The van der Waals surface area contributed by atoms with Gasteiger partial charge in [-0.05, 0) is 64.8 Å². The van der Waals surface area contributed by atoms with Gasteiger partial charge in [-0.1, -0.05) is 12.1 Å². The third-order valence-corrected chi connectivity index (χ3v) is 4.86. The number of ether oxygens (including phenoxy) is 2. The first-order chi connectivity index (χ1) is 13.5. The van der Waals surface area contributed by atoms with Gasteiger partial charge in [0.1, 0.15) is 5.75 Å². The van der Waals surface area contributed by atoms with Crippen LogP contribution in [0.15, 0.2) is 23.2 Å². The van der Waals surface area contributed by atoms with E-state index in [1.54, 1.807) is 7.05 Å². The van der Waals surface area contributed by atoms with Crippen molar-refractivity contribution in [1.29, 1.82) is 0 Å². The SMILES string of the molecule is CCOC(CCN(C)C)CNC(=NC)NCc1ccc(C)cc1OCC1CC1. The predicted octanol–water partition coefficient (Wildman–Crippen LogP) is 2.81. The molecule has 1 aromatic rings. The van der Waals surface area contributed by atoms with Crippen LogP contribution in [-0.2, 0) is 11.3 Å². The summed E-state index contributed by atoms with van der Waals surface area (Å²) in [6.45, 7) is 8.10. The number of nitrogens with zero attached hydrogens (tertiary/aromatic N) is 2. The summed E-state index contributed by atoms with van der Waals surface area (Å²) < 4.78 is 11.9. The Bertz CT molecular complexity index is 615. The van der Waals surface area contributed by atoms with E-state index in [4.69, 9.17) is 9.47 Å². The molecule has 0 heterocycles. The zero-order valence-corrected chi connectivity index (χ0v) is 18.3. The van der Waals surface area contributed by atoms with Gasteiger partial charge in [-0.2, -0.15) is 0 Å². The number of aryl methyl sites for hydroxylation is 1. The normalized spacial score (nSPS) is 15.6. The van der Waals surface area contributed by atoms with Gasteiger partial charge in [0.05, 0.1) is 12.7 Å². The Hall–Kier alpha value is -1.79. The van der Waals surface area contributed by atoms with E-state index in [0.29, 0.717) is 6.54 Å². The van der Waals surface area contributed by atoms with Gasteiger partial charge in [0, 0.05) is 38.9 Å². The molecule has 1 aromatic carbocycles. The Balaban J connectivity index is 1.85. The highest BCUT2D eigenvalue weighted by Crippen LogP contribution is 2.30. The molecule has 0 aliphatic heterocycles. The number of aliphatic imine (C=N–C) groups is 1. The molecule has 0 saturated heterocycles. The van der Waals surface area contributed by atoms with Gasteiger partial charge in [-0.15, -0.1) is 0 Å². The molecule has 1 atom stereocenters. The van der Waals surface area contributed by atoms with E-state index >= 15 is 0 Å². The van der Waals surface area contributed by atoms with E-state index < -0.39 is 0 Å². The lowest BCUT2D eigenvalue weighted by atomic mass is 10.1. The molecule has 6 nitrogen and oxygen atoms in total. The summed E-state index contributed by atoms with van der Waals surface area (Å²) in [6, 6.07) is 6.39. The van der Waals surface area contributed by atoms with Crippen LogP contribution in [0.5, 0.6) is 5.75 Å². The van der Waals surface area contributed by atoms with Crippen molar-refractivity contribution in [3.8, 4) is 5.75 Å². The third kappa shape index (κ3) is 8.48. The molecular weight excluding hydrogens is 352 g/mol. The number of rotatable bonds is 12. The maximum absolute atomic E-state index is 6.07. The lowest BCUT2D eigenvalue weighted by molar-refractivity contribution is 0.0548. The van der Waals surface area contributed by atoms with Crippen molar-refractivity contribution in [2.75, 3.05) is 47.4 Å². The molecule has 1 unspecified atom stereocenters. The summed E-state index contributed by atoms with van der Waals surface area (Å²) in [4.78, 5) is 6.53. The van der Waals surface area contributed by atoms with E-state index in [1.807, 2.05) is 6.92 Å². The first-order valence-electron chi connectivity index (χ1n) is 10.4. The Kier molecular flexibility index (Phi) is 9.58. The van der Waals surface area contributed by atoms with Crippen molar-refractivity contribution in [2.24, 2.45) is 10.9 Å². The third-order valence-electron chi connectivity index (χ3n) is 4.86. The molecule has 2 rings (SSSR count). The van der Waals surface area contributed by atoms with Gasteiger partial charge in [0.15, 0.2) is 5.96 Å². The number of hydrogen-bond donors (Lipinski definition) is 2. The second-order valence-corrected chi connectivity index (χ2v) is 7.84. The largest absolute Gasteiger partial charge is 0.493 e. The average Bonchev–Trinajstić information content (AvgIpc) is 3.49. The number of nitrogens with one attached hydrogen (secondary N) is 2. The molecule has 6 heteroatoms. The molecule has 1 saturated carbocycles. The Morgan fingerprint density at radius 3 is 2.71 bits per heavy atom. The maximum Gasteiger partial charge on any atom is 0.191 e.